The van der Waals surface area contributed by atoms with Gasteiger partial charge in [-0.05, 0) is 42.8 Å². The smallest absolute Gasteiger partial charge is 0.319 e. The van der Waals surface area contributed by atoms with E-state index in [4.69, 9.17) is 0 Å². The molecule has 1 fully saturated rings. The van der Waals surface area contributed by atoms with Crippen LogP contribution in [0.25, 0.3) is 0 Å². The average Bonchev–Trinajstić information content (AvgIpc) is 2.76. The summed E-state index contributed by atoms with van der Waals surface area (Å²) in [5.41, 5.74) is -1.42. The lowest BCUT2D eigenvalue weighted by Gasteiger charge is -2.22. The largest absolute Gasteiger partial charge is 0.325 e. The molecule has 0 spiro atoms. The van der Waals surface area contributed by atoms with Crippen LogP contribution in [0.4, 0.5) is 18.0 Å². The van der Waals surface area contributed by atoms with Gasteiger partial charge in [0.25, 0.3) is 5.91 Å². The van der Waals surface area contributed by atoms with Gasteiger partial charge in [-0.15, -0.1) is 0 Å². The second kappa shape index (κ2) is 5.67. The Kier molecular flexibility index (Phi) is 3.79. The summed E-state index contributed by atoms with van der Waals surface area (Å²) in [5.74, 6) is -2.66. The molecule has 0 aliphatic carbocycles. The van der Waals surface area contributed by atoms with Crippen LogP contribution in [0.15, 0.2) is 42.5 Å². The molecule has 1 N–H and O–H groups in total. The standard InChI is InChI=1S/C17H13F3N2O2/c1-17(13-8-12(19)6-7-14(13)20)15(23)22(16(24)21-17)9-10-2-4-11(18)5-3-10/h2-8H,9H2,1H3,(H,21,24). The zero-order valence-corrected chi connectivity index (χ0v) is 12.6. The summed E-state index contributed by atoms with van der Waals surface area (Å²) < 4.78 is 40.4. The van der Waals surface area contributed by atoms with Gasteiger partial charge in [-0.2, -0.15) is 0 Å². The van der Waals surface area contributed by atoms with Gasteiger partial charge < -0.3 is 5.32 Å². The van der Waals surface area contributed by atoms with Gasteiger partial charge in [-0.3, -0.25) is 9.69 Å². The Morgan fingerprint density at radius 1 is 1.00 bits per heavy atom. The number of hydrogen-bond donors (Lipinski definition) is 1. The molecule has 2 aromatic rings. The Balaban J connectivity index is 1.93. The first-order valence-electron chi connectivity index (χ1n) is 7.15. The number of halogens is 3. The highest BCUT2D eigenvalue weighted by molar-refractivity contribution is 6.07. The fourth-order valence-corrected chi connectivity index (χ4v) is 2.68. The second-order valence-corrected chi connectivity index (χ2v) is 5.70. The van der Waals surface area contributed by atoms with E-state index < -0.39 is 34.9 Å². The van der Waals surface area contributed by atoms with Crippen LogP contribution in [0, 0.1) is 17.5 Å². The van der Waals surface area contributed by atoms with E-state index in [0.29, 0.717) is 5.56 Å². The van der Waals surface area contributed by atoms with E-state index in [1.807, 2.05) is 0 Å². The molecular formula is C17H13F3N2O2. The van der Waals surface area contributed by atoms with E-state index in [1.165, 1.54) is 31.2 Å². The fraction of sp³-hybridized carbons (Fsp3) is 0.176. The maximum atomic E-state index is 14.0. The average molecular weight is 334 g/mol. The molecule has 1 aliphatic rings. The van der Waals surface area contributed by atoms with Crippen LogP contribution in [-0.4, -0.2) is 16.8 Å². The summed E-state index contributed by atoms with van der Waals surface area (Å²) in [4.78, 5) is 25.7. The number of carbonyl (C=O) groups is 2. The number of rotatable bonds is 3. The lowest BCUT2D eigenvalue weighted by atomic mass is 9.91. The van der Waals surface area contributed by atoms with Gasteiger partial charge in [-0.1, -0.05) is 12.1 Å². The van der Waals surface area contributed by atoms with Crippen LogP contribution in [0.2, 0.25) is 0 Å². The van der Waals surface area contributed by atoms with Crippen molar-refractivity contribution in [1.82, 2.24) is 10.2 Å². The molecule has 0 bridgehead atoms. The molecule has 1 saturated heterocycles. The molecule has 3 rings (SSSR count). The number of imide groups is 1. The van der Waals surface area contributed by atoms with E-state index in [1.54, 1.807) is 0 Å². The lowest BCUT2D eigenvalue weighted by molar-refractivity contribution is -0.131. The van der Waals surface area contributed by atoms with Gasteiger partial charge in [0.1, 0.15) is 23.0 Å². The zero-order chi connectivity index (χ0) is 17.5. The predicted octanol–water partition coefficient (Wildman–Crippen LogP) is 3.07. The van der Waals surface area contributed by atoms with Crippen molar-refractivity contribution in [3.8, 4) is 0 Å². The highest BCUT2D eigenvalue weighted by atomic mass is 19.1. The van der Waals surface area contributed by atoms with E-state index in [-0.39, 0.29) is 12.1 Å². The third-order valence-electron chi connectivity index (χ3n) is 4.00. The minimum atomic E-state index is -1.71. The molecular weight excluding hydrogens is 321 g/mol. The number of amides is 3. The van der Waals surface area contributed by atoms with Gasteiger partial charge in [-0.25, -0.2) is 18.0 Å². The van der Waals surface area contributed by atoms with Crippen LogP contribution in [0.5, 0.6) is 0 Å². The first kappa shape index (κ1) is 16.0. The third kappa shape index (κ3) is 2.62. The Morgan fingerprint density at radius 2 is 1.62 bits per heavy atom. The van der Waals surface area contributed by atoms with Gasteiger partial charge in [0.05, 0.1) is 6.54 Å². The molecule has 7 heteroatoms. The quantitative estimate of drug-likeness (QED) is 0.877. The van der Waals surface area contributed by atoms with Crippen molar-refractivity contribution in [2.75, 3.05) is 0 Å². The van der Waals surface area contributed by atoms with E-state index in [0.717, 1.165) is 23.1 Å². The number of nitrogens with zero attached hydrogens (tertiary/aromatic N) is 1. The van der Waals surface area contributed by atoms with Crippen LogP contribution < -0.4 is 5.32 Å². The summed E-state index contributed by atoms with van der Waals surface area (Å²) in [5, 5.41) is 2.40. The maximum absolute atomic E-state index is 14.0. The summed E-state index contributed by atoms with van der Waals surface area (Å²) in [6.45, 7) is 1.22. The first-order chi connectivity index (χ1) is 11.3. The van der Waals surface area contributed by atoms with E-state index in [2.05, 4.69) is 5.32 Å². The first-order valence-corrected chi connectivity index (χ1v) is 7.15. The number of urea groups is 1. The Morgan fingerprint density at radius 3 is 2.29 bits per heavy atom. The number of carbonyl (C=O) groups excluding carboxylic acids is 2. The summed E-state index contributed by atoms with van der Waals surface area (Å²) >= 11 is 0. The number of hydrogen-bond acceptors (Lipinski definition) is 2. The molecule has 0 radical (unpaired) electrons. The highest BCUT2D eigenvalue weighted by Gasteiger charge is 2.50. The number of benzene rings is 2. The molecule has 24 heavy (non-hydrogen) atoms. The molecule has 0 aromatic heterocycles. The number of nitrogens with one attached hydrogen (secondary N) is 1. The van der Waals surface area contributed by atoms with E-state index >= 15 is 0 Å². The Labute approximate surface area is 135 Å². The topological polar surface area (TPSA) is 49.4 Å². The minimum absolute atomic E-state index is 0.0997. The van der Waals surface area contributed by atoms with Crippen molar-refractivity contribution in [2.24, 2.45) is 0 Å². The van der Waals surface area contributed by atoms with E-state index in [9.17, 15) is 22.8 Å². The van der Waals surface area contributed by atoms with Crippen LogP contribution in [0.1, 0.15) is 18.1 Å². The molecule has 2 aromatic carbocycles. The SMILES string of the molecule is CC1(c2cc(F)ccc2F)NC(=O)N(Cc2ccc(F)cc2)C1=O. The van der Waals surface area contributed by atoms with Crippen molar-refractivity contribution in [3.63, 3.8) is 0 Å². The third-order valence-corrected chi connectivity index (χ3v) is 4.00. The molecule has 3 amide bonds. The normalized spacial score (nSPS) is 20.4. The van der Waals surface area contributed by atoms with Crippen LogP contribution in [-0.2, 0) is 16.9 Å². The Bertz CT molecular complexity index is 823. The Hall–Kier alpha value is -2.83. The van der Waals surface area contributed by atoms with Crippen molar-refractivity contribution in [3.05, 3.63) is 71.0 Å². The van der Waals surface area contributed by atoms with Crippen molar-refractivity contribution in [1.29, 1.82) is 0 Å². The minimum Gasteiger partial charge on any atom is -0.319 e. The van der Waals surface area contributed by atoms with Gasteiger partial charge in [0.2, 0.25) is 0 Å². The lowest BCUT2D eigenvalue weighted by Crippen LogP contribution is -2.41. The zero-order valence-electron chi connectivity index (χ0n) is 12.6. The second-order valence-electron chi connectivity index (χ2n) is 5.70. The predicted molar refractivity (Wildman–Crippen MR) is 79.2 cm³/mol. The van der Waals surface area contributed by atoms with Crippen molar-refractivity contribution in [2.45, 2.75) is 19.0 Å². The molecule has 1 atom stereocenters. The monoisotopic (exact) mass is 334 g/mol. The van der Waals surface area contributed by atoms with Crippen LogP contribution >= 0.6 is 0 Å². The fourth-order valence-electron chi connectivity index (χ4n) is 2.68. The van der Waals surface area contributed by atoms with Gasteiger partial charge in [0, 0.05) is 5.56 Å². The maximum Gasteiger partial charge on any atom is 0.325 e. The summed E-state index contributed by atoms with van der Waals surface area (Å²) in [6.07, 6.45) is 0. The molecule has 0 saturated carbocycles. The van der Waals surface area contributed by atoms with Crippen molar-refractivity contribution < 1.29 is 22.8 Å². The molecule has 1 aliphatic heterocycles. The van der Waals surface area contributed by atoms with Crippen LogP contribution in [0.3, 0.4) is 0 Å². The molecule has 4 nitrogen and oxygen atoms in total. The molecule has 1 heterocycles. The highest BCUT2D eigenvalue weighted by Crippen LogP contribution is 2.32. The summed E-state index contributed by atoms with van der Waals surface area (Å²) in [7, 11) is 0. The summed E-state index contributed by atoms with van der Waals surface area (Å²) in [6, 6.07) is 7.28. The van der Waals surface area contributed by atoms with Crippen molar-refractivity contribution >= 4 is 11.9 Å². The molecule has 124 valence electrons. The van der Waals surface area contributed by atoms with Gasteiger partial charge >= 0.3 is 6.03 Å². The van der Waals surface area contributed by atoms with Gasteiger partial charge in [0.15, 0.2) is 0 Å². The molecule has 1 unspecified atom stereocenters.